The van der Waals surface area contributed by atoms with Crippen LogP contribution in [0.3, 0.4) is 0 Å². The molecule has 1 aliphatic rings. The Morgan fingerprint density at radius 2 is 1.08 bits per heavy atom. The molecule has 2 aromatic rings. The molecule has 3 rings (SSSR count). The molecule has 0 unspecified atom stereocenters. The Morgan fingerprint density at radius 3 is 1.45 bits per heavy atom. The summed E-state index contributed by atoms with van der Waals surface area (Å²) in [4.78, 5) is 28.9. The van der Waals surface area contributed by atoms with Gasteiger partial charge in [0.15, 0.2) is 0 Å². The van der Waals surface area contributed by atoms with Gasteiger partial charge in [-0.1, -0.05) is 58.5 Å². The first kappa shape index (κ1) is 30.5. The van der Waals surface area contributed by atoms with E-state index in [0.717, 1.165) is 63.2 Å². The van der Waals surface area contributed by atoms with E-state index < -0.39 is 0 Å². The highest BCUT2D eigenvalue weighted by molar-refractivity contribution is 6.36. The number of carbonyl (C=O) groups excluding carboxylic acids is 2. The first-order valence-electron chi connectivity index (χ1n) is 12.6. The van der Waals surface area contributed by atoms with Gasteiger partial charge < -0.3 is 20.4 Å². The fourth-order valence-electron chi connectivity index (χ4n) is 3.99. The Morgan fingerprint density at radius 1 is 0.684 bits per heavy atom. The molecule has 38 heavy (non-hydrogen) atoms. The molecule has 1 fully saturated rings. The molecule has 204 valence electrons. The number of rotatable bonds is 12. The third-order valence-corrected chi connectivity index (χ3v) is 7.24. The van der Waals surface area contributed by atoms with Crippen LogP contribution >= 0.6 is 46.4 Å². The molecule has 2 amide bonds. The summed E-state index contributed by atoms with van der Waals surface area (Å²) in [6.45, 7) is 7.13. The summed E-state index contributed by atoms with van der Waals surface area (Å²) in [5.41, 5.74) is 1.51. The average molecular weight is 598 g/mol. The van der Waals surface area contributed by atoms with Gasteiger partial charge in [-0.15, -0.1) is 0 Å². The van der Waals surface area contributed by atoms with Crippen molar-refractivity contribution in [3.05, 3.63) is 79.8 Å². The standard InChI is InChI=1S/C28H32Cl4N4O2/c29-23-7-3-21(25(31)19-23)5-9-27(37)33-11-1-13-35-15-17-36(18-16-35)14-2-12-34-28(38)10-6-22-4-8-24(30)20-26(22)32/h3-10,19-20H,1-2,11-18H2,(H,33,37)(H,34,38). The SMILES string of the molecule is O=C(C=Cc1ccc(Cl)cc1Cl)NCCCN1CCN(CCCNC(=O)C=Cc2ccc(Cl)cc2Cl)CC1. The van der Waals surface area contributed by atoms with Crippen LogP contribution in [0.4, 0.5) is 0 Å². The minimum atomic E-state index is -0.141. The van der Waals surface area contributed by atoms with Crippen molar-refractivity contribution < 1.29 is 9.59 Å². The lowest BCUT2D eigenvalue weighted by Gasteiger charge is -2.34. The zero-order valence-corrected chi connectivity index (χ0v) is 24.1. The van der Waals surface area contributed by atoms with Crippen molar-refractivity contribution in [1.82, 2.24) is 20.4 Å². The topological polar surface area (TPSA) is 64.7 Å². The van der Waals surface area contributed by atoms with Crippen LogP contribution in [-0.2, 0) is 9.59 Å². The third kappa shape index (κ3) is 11.0. The zero-order valence-electron chi connectivity index (χ0n) is 21.1. The molecule has 2 aromatic carbocycles. The summed E-state index contributed by atoms with van der Waals surface area (Å²) in [5.74, 6) is -0.283. The van der Waals surface area contributed by atoms with Gasteiger partial charge in [0.05, 0.1) is 0 Å². The van der Waals surface area contributed by atoms with E-state index in [2.05, 4.69) is 20.4 Å². The number of piperazine rings is 1. The van der Waals surface area contributed by atoms with Crippen molar-refractivity contribution in [3.8, 4) is 0 Å². The minimum absolute atomic E-state index is 0.141. The molecule has 0 bridgehead atoms. The van der Waals surface area contributed by atoms with Crippen LogP contribution in [0.15, 0.2) is 48.6 Å². The van der Waals surface area contributed by atoms with Crippen LogP contribution in [-0.4, -0.2) is 74.0 Å². The van der Waals surface area contributed by atoms with Gasteiger partial charge in [-0.2, -0.15) is 0 Å². The van der Waals surface area contributed by atoms with Gasteiger partial charge >= 0.3 is 0 Å². The van der Waals surface area contributed by atoms with Gasteiger partial charge in [0.2, 0.25) is 11.8 Å². The molecule has 0 aliphatic carbocycles. The second-order valence-corrected chi connectivity index (χ2v) is 10.7. The van der Waals surface area contributed by atoms with Crippen LogP contribution in [0.1, 0.15) is 24.0 Å². The van der Waals surface area contributed by atoms with E-state index in [4.69, 9.17) is 46.4 Å². The van der Waals surface area contributed by atoms with Gasteiger partial charge in [0.1, 0.15) is 0 Å². The molecule has 1 saturated heterocycles. The highest BCUT2D eigenvalue weighted by Gasteiger charge is 2.16. The predicted octanol–water partition coefficient (Wildman–Crippen LogP) is 5.66. The smallest absolute Gasteiger partial charge is 0.244 e. The van der Waals surface area contributed by atoms with Crippen LogP contribution in [0, 0.1) is 0 Å². The summed E-state index contributed by atoms with van der Waals surface area (Å²) in [6, 6.07) is 10.3. The quantitative estimate of drug-likeness (QED) is 0.245. The summed E-state index contributed by atoms with van der Waals surface area (Å²) >= 11 is 24.0. The molecule has 0 spiro atoms. The number of amides is 2. The molecule has 0 saturated carbocycles. The fraction of sp³-hybridized carbons (Fsp3) is 0.357. The molecule has 0 atom stereocenters. The second kappa shape index (κ2) is 16.1. The van der Waals surface area contributed by atoms with Crippen molar-refractivity contribution in [3.63, 3.8) is 0 Å². The third-order valence-electron chi connectivity index (χ3n) is 6.12. The average Bonchev–Trinajstić information content (AvgIpc) is 2.89. The molecular weight excluding hydrogens is 566 g/mol. The van der Waals surface area contributed by atoms with Gasteiger partial charge in [-0.25, -0.2) is 0 Å². The fourth-order valence-corrected chi connectivity index (χ4v) is 4.93. The summed E-state index contributed by atoms with van der Waals surface area (Å²) < 4.78 is 0. The lowest BCUT2D eigenvalue weighted by molar-refractivity contribution is -0.117. The largest absolute Gasteiger partial charge is 0.353 e. The lowest BCUT2D eigenvalue weighted by atomic mass is 10.2. The predicted molar refractivity (Wildman–Crippen MR) is 159 cm³/mol. The van der Waals surface area contributed by atoms with E-state index in [-0.39, 0.29) is 11.8 Å². The second-order valence-electron chi connectivity index (χ2n) is 8.97. The van der Waals surface area contributed by atoms with E-state index in [1.165, 1.54) is 12.2 Å². The summed E-state index contributed by atoms with van der Waals surface area (Å²) in [6.07, 6.45) is 8.13. The van der Waals surface area contributed by atoms with Crippen LogP contribution in [0.2, 0.25) is 20.1 Å². The molecule has 0 aromatic heterocycles. The summed E-state index contributed by atoms with van der Waals surface area (Å²) in [7, 11) is 0. The van der Waals surface area contributed by atoms with Crippen molar-refractivity contribution in [2.45, 2.75) is 12.8 Å². The Kier molecular flexibility index (Phi) is 12.9. The van der Waals surface area contributed by atoms with Crippen LogP contribution in [0.5, 0.6) is 0 Å². The van der Waals surface area contributed by atoms with Gasteiger partial charge in [0, 0.05) is 71.5 Å². The Balaban J connectivity index is 1.22. The first-order chi connectivity index (χ1) is 18.3. The Bertz CT molecular complexity index is 1060. The van der Waals surface area contributed by atoms with E-state index in [0.29, 0.717) is 33.2 Å². The highest BCUT2D eigenvalue weighted by atomic mass is 35.5. The van der Waals surface area contributed by atoms with Crippen LogP contribution < -0.4 is 10.6 Å². The molecule has 1 aliphatic heterocycles. The number of carbonyl (C=O) groups is 2. The monoisotopic (exact) mass is 596 g/mol. The molecule has 0 radical (unpaired) electrons. The maximum Gasteiger partial charge on any atom is 0.244 e. The molecule has 10 heteroatoms. The summed E-state index contributed by atoms with van der Waals surface area (Å²) in [5, 5.41) is 7.98. The zero-order chi connectivity index (χ0) is 27.3. The van der Waals surface area contributed by atoms with Crippen molar-refractivity contribution in [2.24, 2.45) is 0 Å². The van der Waals surface area contributed by atoms with Crippen molar-refractivity contribution >= 4 is 70.4 Å². The number of benzene rings is 2. The highest BCUT2D eigenvalue weighted by Crippen LogP contribution is 2.22. The van der Waals surface area contributed by atoms with Crippen LogP contribution in [0.25, 0.3) is 12.2 Å². The van der Waals surface area contributed by atoms with E-state index in [1.807, 2.05) is 0 Å². The maximum absolute atomic E-state index is 12.1. The minimum Gasteiger partial charge on any atom is -0.353 e. The molecule has 2 N–H and O–H groups in total. The lowest BCUT2D eigenvalue weighted by Crippen LogP contribution is -2.47. The Labute approximate surface area is 244 Å². The first-order valence-corrected chi connectivity index (χ1v) is 14.1. The number of hydrogen-bond acceptors (Lipinski definition) is 4. The maximum atomic E-state index is 12.1. The number of nitrogens with one attached hydrogen (secondary N) is 2. The number of halogens is 4. The van der Waals surface area contributed by atoms with Gasteiger partial charge in [0.25, 0.3) is 0 Å². The van der Waals surface area contributed by atoms with E-state index >= 15 is 0 Å². The van der Waals surface area contributed by atoms with Gasteiger partial charge in [-0.05, 0) is 73.5 Å². The molecular formula is C28H32Cl4N4O2. The van der Waals surface area contributed by atoms with E-state index in [1.54, 1.807) is 48.6 Å². The van der Waals surface area contributed by atoms with Gasteiger partial charge in [-0.3, -0.25) is 9.59 Å². The normalized spacial score (nSPS) is 14.8. The van der Waals surface area contributed by atoms with E-state index in [9.17, 15) is 9.59 Å². The number of nitrogens with zero attached hydrogens (tertiary/aromatic N) is 2. The number of hydrogen-bond donors (Lipinski definition) is 2. The Hall–Kier alpha value is -2.06. The molecule has 1 heterocycles. The van der Waals surface area contributed by atoms with Crippen molar-refractivity contribution in [2.75, 3.05) is 52.4 Å². The van der Waals surface area contributed by atoms with Crippen molar-refractivity contribution in [1.29, 1.82) is 0 Å². The molecule has 6 nitrogen and oxygen atoms in total.